The Labute approximate surface area is 134 Å². The van der Waals surface area contributed by atoms with Crippen molar-refractivity contribution in [1.82, 2.24) is 10.3 Å². The van der Waals surface area contributed by atoms with Gasteiger partial charge in [-0.05, 0) is 37.3 Å². The minimum absolute atomic E-state index is 0.140. The lowest BCUT2D eigenvalue weighted by atomic mass is 10.2. The first-order valence-electron chi connectivity index (χ1n) is 7.40. The van der Waals surface area contributed by atoms with Crippen molar-refractivity contribution < 1.29 is 18.7 Å². The third-order valence-corrected chi connectivity index (χ3v) is 3.02. The SMILES string of the molecule is CCOc1ncccc1CNC(=O)CCOc1ccc(F)cc1. The molecule has 2 rings (SSSR count). The second-order valence-electron chi connectivity index (χ2n) is 4.73. The van der Waals surface area contributed by atoms with Crippen LogP contribution < -0.4 is 14.8 Å². The Kier molecular flexibility index (Phi) is 6.35. The molecule has 5 nitrogen and oxygen atoms in total. The first-order valence-corrected chi connectivity index (χ1v) is 7.40. The number of carbonyl (C=O) groups is 1. The van der Waals surface area contributed by atoms with Crippen LogP contribution in [0.5, 0.6) is 11.6 Å². The molecule has 0 aliphatic carbocycles. The highest BCUT2D eigenvalue weighted by molar-refractivity contribution is 5.76. The summed E-state index contributed by atoms with van der Waals surface area (Å²) in [6, 6.07) is 9.32. The fraction of sp³-hybridized carbons (Fsp3) is 0.294. The zero-order valence-electron chi connectivity index (χ0n) is 12.9. The van der Waals surface area contributed by atoms with Crippen molar-refractivity contribution in [3.05, 3.63) is 54.0 Å². The van der Waals surface area contributed by atoms with Crippen LogP contribution in [0, 0.1) is 5.82 Å². The van der Waals surface area contributed by atoms with Crippen LogP contribution in [0.2, 0.25) is 0 Å². The van der Waals surface area contributed by atoms with Crippen LogP contribution in [0.25, 0.3) is 0 Å². The molecule has 0 fully saturated rings. The van der Waals surface area contributed by atoms with E-state index >= 15 is 0 Å². The molecule has 0 aliphatic rings. The van der Waals surface area contributed by atoms with E-state index in [4.69, 9.17) is 9.47 Å². The summed E-state index contributed by atoms with van der Waals surface area (Å²) in [6.45, 7) is 2.97. The van der Waals surface area contributed by atoms with E-state index in [2.05, 4.69) is 10.3 Å². The van der Waals surface area contributed by atoms with Gasteiger partial charge < -0.3 is 14.8 Å². The van der Waals surface area contributed by atoms with Crippen molar-refractivity contribution in [2.45, 2.75) is 19.9 Å². The highest BCUT2D eigenvalue weighted by Crippen LogP contribution is 2.14. The highest BCUT2D eigenvalue weighted by Gasteiger charge is 2.07. The van der Waals surface area contributed by atoms with Gasteiger partial charge in [0.2, 0.25) is 11.8 Å². The van der Waals surface area contributed by atoms with E-state index in [0.717, 1.165) is 5.56 Å². The highest BCUT2D eigenvalue weighted by atomic mass is 19.1. The predicted octanol–water partition coefficient (Wildman–Crippen LogP) is 2.70. The maximum absolute atomic E-state index is 12.8. The topological polar surface area (TPSA) is 60.5 Å². The standard InChI is InChI=1S/C17H19FN2O3/c1-2-22-17-13(4-3-10-19-17)12-20-16(21)9-11-23-15-7-5-14(18)6-8-15/h3-8,10H,2,9,11-12H2,1H3,(H,20,21). The number of nitrogens with one attached hydrogen (secondary N) is 1. The third-order valence-electron chi connectivity index (χ3n) is 3.02. The van der Waals surface area contributed by atoms with Gasteiger partial charge in [0.25, 0.3) is 0 Å². The molecule has 122 valence electrons. The Morgan fingerprint density at radius 3 is 2.74 bits per heavy atom. The number of carbonyl (C=O) groups excluding carboxylic acids is 1. The lowest BCUT2D eigenvalue weighted by molar-refractivity contribution is -0.121. The second kappa shape index (κ2) is 8.73. The quantitative estimate of drug-likeness (QED) is 0.813. The Balaban J connectivity index is 1.74. The number of ether oxygens (including phenoxy) is 2. The molecule has 0 atom stereocenters. The molecule has 0 spiro atoms. The van der Waals surface area contributed by atoms with Crippen molar-refractivity contribution in [2.75, 3.05) is 13.2 Å². The number of hydrogen-bond acceptors (Lipinski definition) is 4. The number of nitrogens with zero attached hydrogens (tertiary/aromatic N) is 1. The largest absolute Gasteiger partial charge is 0.493 e. The molecule has 0 saturated carbocycles. The van der Waals surface area contributed by atoms with Crippen LogP contribution in [0.1, 0.15) is 18.9 Å². The van der Waals surface area contributed by atoms with Crippen molar-refractivity contribution in [3.8, 4) is 11.6 Å². The normalized spacial score (nSPS) is 10.2. The molecule has 1 heterocycles. The number of amides is 1. The molecule has 0 aliphatic heterocycles. The zero-order chi connectivity index (χ0) is 16.5. The molecule has 0 bridgehead atoms. The maximum atomic E-state index is 12.8. The maximum Gasteiger partial charge on any atom is 0.223 e. The van der Waals surface area contributed by atoms with Crippen LogP contribution in [0.4, 0.5) is 4.39 Å². The van der Waals surface area contributed by atoms with Gasteiger partial charge in [0.1, 0.15) is 11.6 Å². The summed E-state index contributed by atoms with van der Waals surface area (Å²) in [4.78, 5) is 15.9. The first kappa shape index (κ1) is 16.7. The summed E-state index contributed by atoms with van der Waals surface area (Å²) in [5, 5.41) is 2.79. The van der Waals surface area contributed by atoms with Gasteiger partial charge in [-0.25, -0.2) is 9.37 Å². The van der Waals surface area contributed by atoms with Crippen LogP contribution in [0.3, 0.4) is 0 Å². The predicted molar refractivity (Wildman–Crippen MR) is 83.8 cm³/mol. The number of hydrogen-bond donors (Lipinski definition) is 1. The molecule has 0 radical (unpaired) electrons. The molecular formula is C17H19FN2O3. The monoisotopic (exact) mass is 318 g/mol. The number of rotatable bonds is 8. The fourth-order valence-corrected chi connectivity index (χ4v) is 1.90. The molecular weight excluding hydrogens is 299 g/mol. The van der Waals surface area contributed by atoms with Gasteiger partial charge in [-0.3, -0.25) is 4.79 Å². The molecule has 0 saturated heterocycles. The summed E-state index contributed by atoms with van der Waals surface area (Å²) in [5.74, 6) is 0.595. The molecule has 1 amide bonds. The van der Waals surface area contributed by atoms with E-state index < -0.39 is 0 Å². The Bertz CT molecular complexity index is 632. The molecule has 23 heavy (non-hydrogen) atoms. The van der Waals surface area contributed by atoms with Crippen LogP contribution in [-0.4, -0.2) is 24.1 Å². The molecule has 1 aromatic heterocycles. The number of aromatic nitrogens is 1. The van der Waals surface area contributed by atoms with Gasteiger partial charge in [-0.15, -0.1) is 0 Å². The van der Waals surface area contributed by atoms with E-state index in [9.17, 15) is 9.18 Å². The van der Waals surface area contributed by atoms with E-state index in [-0.39, 0.29) is 24.8 Å². The average molecular weight is 318 g/mol. The molecule has 6 heteroatoms. The van der Waals surface area contributed by atoms with Crippen LogP contribution in [-0.2, 0) is 11.3 Å². The summed E-state index contributed by atoms with van der Waals surface area (Å²) in [7, 11) is 0. The van der Waals surface area contributed by atoms with Crippen LogP contribution in [0.15, 0.2) is 42.6 Å². The summed E-state index contributed by atoms with van der Waals surface area (Å²) >= 11 is 0. The van der Waals surface area contributed by atoms with Gasteiger partial charge in [0.05, 0.1) is 19.6 Å². The van der Waals surface area contributed by atoms with E-state index in [1.54, 1.807) is 12.3 Å². The van der Waals surface area contributed by atoms with E-state index in [1.165, 1.54) is 24.3 Å². The van der Waals surface area contributed by atoms with Crippen molar-refractivity contribution in [1.29, 1.82) is 0 Å². The average Bonchev–Trinajstić information content (AvgIpc) is 2.56. The van der Waals surface area contributed by atoms with E-state index in [0.29, 0.717) is 24.8 Å². The van der Waals surface area contributed by atoms with Crippen molar-refractivity contribution >= 4 is 5.91 Å². The molecule has 2 aromatic rings. The van der Waals surface area contributed by atoms with Crippen molar-refractivity contribution in [2.24, 2.45) is 0 Å². The zero-order valence-corrected chi connectivity index (χ0v) is 12.9. The summed E-state index contributed by atoms with van der Waals surface area (Å²) in [6.07, 6.45) is 1.86. The minimum Gasteiger partial charge on any atom is -0.493 e. The second-order valence-corrected chi connectivity index (χ2v) is 4.73. The lowest BCUT2D eigenvalue weighted by Gasteiger charge is -2.10. The summed E-state index contributed by atoms with van der Waals surface area (Å²) in [5.41, 5.74) is 0.821. The van der Waals surface area contributed by atoms with Gasteiger partial charge in [-0.2, -0.15) is 0 Å². The summed E-state index contributed by atoms with van der Waals surface area (Å²) < 4.78 is 23.5. The van der Waals surface area contributed by atoms with Gasteiger partial charge in [0, 0.05) is 18.3 Å². The van der Waals surface area contributed by atoms with Crippen LogP contribution >= 0.6 is 0 Å². The lowest BCUT2D eigenvalue weighted by Crippen LogP contribution is -2.24. The Morgan fingerprint density at radius 1 is 1.22 bits per heavy atom. The smallest absolute Gasteiger partial charge is 0.223 e. The Morgan fingerprint density at radius 2 is 2.00 bits per heavy atom. The number of pyridine rings is 1. The molecule has 1 aromatic carbocycles. The van der Waals surface area contributed by atoms with Gasteiger partial charge in [0.15, 0.2) is 0 Å². The van der Waals surface area contributed by atoms with Crippen molar-refractivity contribution in [3.63, 3.8) is 0 Å². The minimum atomic E-state index is -0.323. The fourth-order valence-electron chi connectivity index (χ4n) is 1.90. The Hall–Kier alpha value is -2.63. The molecule has 1 N–H and O–H groups in total. The van der Waals surface area contributed by atoms with E-state index in [1.807, 2.05) is 13.0 Å². The third kappa shape index (κ3) is 5.58. The first-order chi connectivity index (χ1) is 11.2. The number of benzene rings is 1. The number of halogens is 1. The molecule has 0 unspecified atom stereocenters. The van der Waals surface area contributed by atoms with Gasteiger partial charge in [-0.1, -0.05) is 6.07 Å². The van der Waals surface area contributed by atoms with Gasteiger partial charge >= 0.3 is 0 Å².